The van der Waals surface area contributed by atoms with Crippen molar-refractivity contribution < 1.29 is 8.78 Å². The highest BCUT2D eigenvalue weighted by atomic mass is 79.9. The summed E-state index contributed by atoms with van der Waals surface area (Å²) >= 11 is 5.38. The van der Waals surface area contributed by atoms with E-state index in [4.69, 9.17) is 0 Å². The molecule has 0 radical (unpaired) electrons. The Hall–Kier alpha value is 0.650. The lowest BCUT2D eigenvalue weighted by molar-refractivity contribution is 0.0490. The Kier molecular flexibility index (Phi) is 3.35. The monoisotopic (exact) mass is 299 g/mol. The standard InChI is InChI=1S/C10H16BrF2NS/c1-9(6-10(9,12)13)7-14-2-3-15-5-8(14)4-11/h8H,2-7H2,1H3. The maximum atomic E-state index is 13.1. The van der Waals surface area contributed by atoms with Gasteiger partial charge in [-0.25, -0.2) is 8.78 Å². The Labute approximate surface area is 102 Å². The van der Waals surface area contributed by atoms with Crippen molar-refractivity contribution in [3.05, 3.63) is 0 Å². The van der Waals surface area contributed by atoms with Crippen molar-refractivity contribution in [1.82, 2.24) is 4.90 Å². The second-order valence-electron chi connectivity index (χ2n) is 4.80. The zero-order chi connectivity index (χ0) is 11.1. The fourth-order valence-corrected chi connectivity index (χ4v) is 4.18. The average molecular weight is 300 g/mol. The van der Waals surface area contributed by atoms with Crippen LogP contribution in [0, 0.1) is 5.41 Å². The normalized spacial score (nSPS) is 40.4. The van der Waals surface area contributed by atoms with Gasteiger partial charge in [0.1, 0.15) is 0 Å². The van der Waals surface area contributed by atoms with E-state index in [0.717, 1.165) is 23.4 Å². The maximum absolute atomic E-state index is 13.1. The third-order valence-corrected chi connectivity index (χ3v) is 5.29. The van der Waals surface area contributed by atoms with E-state index in [9.17, 15) is 8.78 Å². The molecule has 1 saturated carbocycles. The molecule has 0 aromatic rings. The van der Waals surface area contributed by atoms with Crippen molar-refractivity contribution in [1.29, 1.82) is 0 Å². The van der Waals surface area contributed by atoms with Crippen LogP contribution in [0.2, 0.25) is 0 Å². The highest BCUT2D eigenvalue weighted by Gasteiger charge is 2.68. The summed E-state index contributed by atoms with van der Waals surface area (Å²) in [5.74, 6) is -0.285. The summed E-state index contributed by atoms with van der Waals surface area (Å²) < 4.78 is 26.2. The molecule has 1 aliphatic heterocycles. The number of halogens is 3. The molecule has 1 saturated heterocycles. The van der Waals surface area contributed by atoms with Crippen LogP contribution in [0.25, 0.3) is 0 Å². The van der Waals surface area contributed by atoms with E-state index in [-0.39, 0.29) is 6.42 Å². The molecular formula is C10H16BrF2NS. The Balaban J connectivity index is 1.93. The molecule has 0 amide bonds. The van der Waals surface area contributed by atoms with Gasteiger partial charge in [0.05, 0.1) is 0 Å². The Morgan fingerprint density at radius 1 is 1.53 bits per heavy atom. The molecule has 0 aromatic carbocycles. The quantitative estimate of drug-likeness (QED) is 0.737. The van der Waals surface area contributed by atoms with Gasteiger partial charge in [-0.1, -0.05) is 22.9 Å². The van der Waals surface area contributed by atoms with Gasteiger partial charge in [-0.3, -0.25) is 4.90 Å². The second kappa shape index (κ2) is 4.15. The topological polar surface area (TPSA) is 3.24 Å². The van der Waals surface area contributed by atoms with Gasteiger partial charge < -0.3 is 0 Å². The van der Waals surface area contributed by atoms with Gasteiger partial charge in [0.15, 0.2) is 0 Å². The summed E-state index contributed by atoms with van der Waals surface area (Å²) in [4.78, 5) is 2.23. The number of hydrogen-bond donors (Lipinski definition) is 0. The molecule has 0 N–H and O–H groups in total. The SMILES string of the molecule is CC1(CN2CCSCC2CBr)CC1(F)F. The summed E-state index contributed by atoms with van der Waals surface area (Å²) in [6.45, 7) is 3.21. The zero-order valence-electron chi connectivity index (χ0n) is 8.81. The van der Waals surface area contributed by atoms with Crippen molar-refractivity contribution in [3.63, 3.8) is 0 Å². The van der Waals surface area contributed by atoms with Crippen molar-refractivity contribution in [2.45, 2.75) is 25.3 Å². The van der Waals surface area contributed by atoms with E-state index in [0.29, 0.717) is 12.6 Å². The summed E-state index contributed by atoms with van der Waals surface area (Å²) in [6.07, 6.45) is 0.0681. The van der Waals surface area contributed by atoms with Gasteiger partial charge in [0, 0.05) is 47.8 Å². The number of thioether (sulfide) groups is 1. The third kappa shape index (κ3) is 2.34. The van der Waals surface area contributed by atoms with E-state index in [1.807, 2.05) is 11.8 Å². The number of rotatable bonds is 3. The van der Waals surface area contributed by atoms with Gasteiger partial charge in [-0.15, -0.1) is 0 Å². The lowest BCUT2D eigenvalue weighted by Gasteiger charge is -2.36. The van der Waals surface area contributed by atoms with E-state index < -0.39 is 11.3 Å². The minimum atomic E-state index is -2.42. The highest BCUT2D eigenvalue weighted by molar-refractivity contribution is 9.09. The van der Waals surface area contributed by atoms with Crippen LogP contribution >= 0.6 is 27.7 Å². The minimum absolute atomic E-state index is 0.0681. The molecular weight excluding hydrogens is 284 g/mol. The molecule has 15 heavy (non-hydrogen) atoms. The van der Waals surface area contributed by atoms with Crippen LogP contribution in [0.5, 0.6) is 0 Å². The largest absolute Gasteiger partial charge is 0.297 e. The molecule has 1 nitrogen and oxygen atoms in total. The molecule has 1 aliphatic carbocycles. The highest BCUT2D eigenvalue weighted by Crippen LogP contribution is 2.60. The first kappa shape index (κ1) is 12.1. The first-order valence-corrected chi connectivity index (χ1v) is 7.52. The zero-order valence-corrected chi connectivity index (χ0v) is 11.2. The molecule has 2 aliphatic rings. The minimum Gasteiger partial charge on any atom is -0.297 e. The first-order chi connectivity index (χ1) is 6.98. The summed E-state index contributed by atoms with van der Waals surface area (Å²) in [7, 11) is 0. The summed E-state index contributed by atoms with van der Waals surface area (Å²) in [6, 6.07) is 0.428. The molecule has 0 aromatic heterocycles. The fourth-order valence-electron chi connectivity index (χ4n) is 2.11. The smallest absolute Gasteiger partial charge is 0.255 e. The molecule has 0 bridgehead atoms. The van der Waals surface area contributed by atoms with Crippen LogP contribution in [0.3, 0.4) is 0 Å². The van der Waals surface area contributed by atoms with Crippen LogP contribution < -0.4 is 0 Å². The summed E-state index contributed by atoms with van der Waals surface area (Å²) in [5.41, 5.74) is -0.755. The molecule has 2 unspecified atom stereocenters. The Bertz CT molecular complexity index is 252. The maximum Gasteiger partial charge on any atom is 0.255 e. The fraction of sp³-hybridized carbons (Fsp3) is 1.00. The lowest BCUT2D eigenvalue weighted by atomic mass is 10.1. The van der Waals surface area contributed by atoms with Gasteiger partial charge in [-0.2, -0.15) is 11.8 Å². The van der Waals surface area contributed by atoms with E-state index in [1.54, 1.807) is 6.92 Å². The number of nitrogens with zero attached hydrogens (tertiary/aromatic N) is 1. The molecule has 5 heteroatoms. The van der Waals surface area contributed by atoms with Gasteiger partial charge in [-0.05, 0) is 0 Å². The van der Waals surface area contributed by atoms with Crippen molar-refractivity contribution in [2.75, 3.05) is 29.9 Å². The number of alkyl halides is 3. The van der Waals surface area contributed by atoms with E-state index >= 15 is 0 Å². The predicted molar refractivity (Wildman–Crippen MR) is 64.2 cm³/mol. The first-order valence-electron chi connectivity index (χ1n) is 5.24. The predicted octanol–water partition coefficient (Wildman–Crippen LogP) is 2.84. The Morgan fingerprint density at radius 3 is 2.73 bits per heavy atom. The second-order valence-corrected chi connectivity index (χ2v) is 6.59. The van der Waals surface area contributed by atoms with Crippen LogP contribution in [0.15, 0.2) is 0 Å². The third-order valence-electron chi connectivity index (χ3n) is 3.45. The van der Waals surface area contributed by atoms with Crippen molar-refractivity contribution in [3.8, 4) is 0 Å². The lowest BCUT2D eigenvalue weighted by Crippen LogP contribution is -2.46. The van der Waals surface area contributed by atoms with Crippen molar-refractivity contribution >= 4 is 27.7 Å². The molecule has 88 valence electrons. The van der Waals surface area contributed by atoms with Gasteiger partial charge in [0.2, 0.25) is 0 Å². The van der Waals surface area contributed by atoms with Gasteiger partial charge >= 0.3 is 0 Å². The Morgan fingerprint density at radius 2 is 2.20 bits per heavy atom. The van der Waals surface area contributed by atoms with Crippen molar-refractivity contribution in [2.24, 2.45) is 5.41 Å². The van der Waals surface area contributed by atoms with E-state index in [2.05, 4.69) is 20.8 Å². The van der Waals surface area contributed by atoms with Crippen LogP contribution in [-0.4, -0.2) is 46.8 Å². The molecule has 2 fully saturated rings. The van der Waals surface area contributed by atoms with Crippen LogP contribution in [0.1, 0.15) is 13.3 Å². The van der Waals surface area contributed by atoms with E-state index in [1.165, 1.54) is 0 Å². The van der Waals surface area contributed by atoms with Crippen LogP contribution in [0.4, 0.5) is 8.78 Å². The average Bonchev–Trinajstić information content (AvgIpc) is 2.66. The van der Waals surface area contributed by atoms with Gasteiger partial charge in [0.25, 0.3) is 5.92 Å². The summed E-state index contributed by atoms with van der Waals surface area (Å²) in [5, 5.41) is 0.891. The molecule has 0 spiro atoms. The molecule has 2 atom stereocenters. The number of hydrogen-bond acceptors (Lipinski definition) is 2. The molecule has 2 rings (SSSR count). The van der Waals surface area contributed by atoms with Crippen LogP contribution in [-0.2, 0) is 0 Å². The molecule has 1 heterocycles.